The molecule has 0 aromatic heterocycles. The second kappa shape index (κ2) is 8.28. The molecule has 0 aliphatic carbocycles. The number of aliphatic hydroxyl groups is 2. The van der Waals surface area contributed by atoms with Crippen LogP contribution in [0.4, 0.5) is 4.79 Å². The Morgan fingerprint density at radius 3 is 2.59 bits per heavy atom. The first-order valence-corrected chi connectivity index (χ1v) is 8.71. The lowest BCUT2D eigenvalue weighted by atomic mass is 9.88. The maximum absolute atomic E-state index is 12.1. The zero-order valence-electron chi connectivity index (χ0n) is 15.1. The van der Waals surface area contributed by atoms with Gasteiger partial charge in [0.1, 0.15) is 25.4 Å². The summed E-state index contributed by atoms with van der Waals surface area (Å²) in [6, 6.07) is 13.3. The number of carbonyl (C=O) groups is 1. The van der Waals surface area contributed by atoms with Gasteiger partial charge in [0.05, 0.1) is 12.6 Å². The monoisotopic (exact) mass is 373 g/mol. The summed E-state index contributed by atoms with van der Waals surface area (Å²) in [5, 5.41) is 23.2. The molecule has 3 rings (SSSR count). The molecule has 1 aliphatic rings. The Kier molecular flexibility index (Phi) is 5.83. The van der Waals surface area contributed by atoms with Crippen LogP contribution in [0, 0.1) is 0 Å². The van der Waals surface area contributed by atoms with Gasteiger partial charge < -0.3 is 29.7 Å². The third-order valence-corrected chi connectivity index (χ3v) is 4.49. The van der Waals surface area contributed by atoms with Crippen molar-refractivity contribution in [2.45, 2.75) is 25.2 Å². The zero-order chi connectivity index (χ0) is 19.3. The van der Waals surface area contributed by atoms with E-state index in [9.17, 15) is 15.0 Å². The molecule has 2 aromatic carbocycles. The molecule has 0 fully saturated rings. The molecule has 1 heterocycles. The number of aliphatic hydroxyl groups excluding tert-OH is 1. The van der Waals surface area contributed by atoms with Crippen molar-refractivity contribution in [3.63, 3.8) is 0 Å². The van der Waals surface area contributed by atoms with E-state index in [1.165, 1.54) is 6.92 Å². The van der Waals surface area contributed by atoms with Crippen LogP contribution < -0.4 is 14.8 Å². The second-order valence-corrected chi connectivity index (χ2v) is 6.45. The van der Waals surface area contributed by atoms with Gasteiger partial charge in [-0.1, -0.05) is 36.4 Å². The molecule has 2 atom stereocenters. The number of alkyl carbamates (subject to hydrolysis) is 1. The number of carbonyl (C=O) groups excluding carboxylic acids is 1. The van der Waals surface area contributed by atoms with Crippen LogP contribution in [0.2, 0.25) is 0 Å². The molecule has 1 unspecified atom stereocenters. The summed E-state index contributed by atoms with van der Waals surface area (Å²) in [4.78, 5) is 12.1. The molecular formula is C20H23NO6. The molecule has 7 nitrogen and oxygen atoms in total. The predicted molar refractivity (Wildman–Crippen MR) is 97.6 cm³/mol. The predicted octanol–water partition coefficient (Wildman–Crippen LogP) is 1.95. The number of rotatable bonds is 6. The zero-order valence-corrected chi connectivity index (χ0v) is 15.1. The smallest absolute Gasteiger partial charge is 0.407 e. The van der Waals surface area contributed by atoms with E-state index in [4.69, 9.17) is 14.2 Å². The Bertz CT molecular complexity index is 777. The molecule has 3 N–H and O–H groups in total. The quantitative estimate of drug-likeness (QED) is 0.716. The molecular weight excluding hydrogens is 350 g/mol. The molecule has 1 aliphatic heterocycles. The third kappa shape index (κ3) is 4.50. The van der Waals surface area contributed by atoms with E-state index in [0.717, 1.165) is 5.56 Å². The van der Waals surface area contributed by atoms with E-state index in [1.807, 2.05) is 30.3 Å². The molecule has 0 saturated heterocycles. The van der Waals surface area contributed by atoms with Crippen LogP contribution in [0.3, 0.4) is 0 Å². The first-order chi connectivity index (χ1) is 13.0. The van der Waals surface area contributed by atoms with Crippen molar-refractivity contribution < 1.29 is 29.2 Å². The van der Waals surface area contributed by atoms with Gasteiger partial charge in [0.25, 0.3) is 0 Å². The highest BCUT2D eigenvalue weighted by Crippen LogP contribution is 2.35. The van der Waals surface area contributed by atoms with Crippen molar-refractivity contribution in [1.29, 1.82) is 0 Å². The standard InChI is InChI=1S/C20H23NO6/c1-20(24,15-7-8-16-17(11-15)26-10-9-25-16)18(12-22)21-19(23)27-13-14-5-3-2-4-6-14/h2-8,11,18,22,24H,9-10,12-13H2,1H3,(H,21,23)/t18-,20?/m1/s1. The summed E-state index contributed by atoms with van der Waals surface area (Å²) in [6.45, 7) is 2.03. The topological polar surface area (TPSA) is 97.3 Å². The van der Waals surface area contributed by atoms with Crippen LogP contribution in [0.5, 0.6) is 11.5 Å². The van der Waals surface area contributed by atoms with Gasteiger partial charge in [0.2, 0.25) is 0 Å². The van der Waals surface area contributed by atoms with Crippen molar-refractivity contribution >= 4 is 6.09 Å². The third-order valence-electron chi connectivity index (χ3n) is 4.49. The number of fused-ring (bicyclic) bond motifs is 1. The average Bonchev–Trinajstić information content (AvgIpc) is 2.70. The van der Waals surface area contributed by atoms with E-state index >= 15 is 0 Å². The minimum atomic E-state index is -1.55. The van der Waals surface area contributed by atoms with Crippen molar-refractivity contribution in [3.05, 3.63) is 59.7 Å². The van der Waals surface area contributed by atoms with Gasteiger partial charge in [-0.05, 0) is 30.2 Å². The number of hydrogen-bond acceptors (Lipinski definition) is 6. The van der Waals surface area contributed by atoms with Crippen molar-refractivity contribution in [2.75, 3.05) is 19.8 Å². The molecule has 7 heteroatoms. The number of benzene rings is 2. The molecule has 0 saturated carbocycles. The second-order valence-electron chi connectivity index (χ2n) is 6.45. The van der Waals surface area contributed by atoms with Gasteiger partial charge in [0.15, 0.2) is 11.5 Å². The highest BCUT2D eigenvalue weighted by molar-refractivity contribution is 5.68. The lowest BCUT2D eigenvalue weighted by Gasteiger charge is -2.33. The molecule has 144 valence electrons. The van der Waals surface area contributed by atoms with E-state index < -0.39 is 24.3 Å². The average molecular weight is 373 g/mol. The van der Waals surface area contributed by atoms with E-state index in [-0.39, 0.29) is 6.61 Å². The molecule has 1 amide bonds. The first-order valence-electron chi connectivity index (χ1n) is 8.71. The minimum Gasteiger partial charge on any atom is -0.486 e. The molecule has 27 heavy (non-hydrogen) atoms. The summed E-state index contributed by atoms with van der Waals surface area (Å²) in [6.07, 6.45) is -0.726. The fourth-order valence-corrected chi connectivity index (χ4v) is 2.83. The van der Waals surface area contributed by atoms with Gasteiger partial charge >= 0.3 is 6.09 Å². The summed E-state index contributed by atoms with van der Waals surface area (Å²) in [5.41, 5.74) is -0.225. The number of hydrogen-bond donors (Lipinski definition) is 3. The van der Waals surface area contributed by atoms with Crippen LogP contribution in [0.25, 0.3) is 0 Å². The Balaban J connectivity index is 1.67. The van der Waals surface area contributed by atoms with E-state index in [1.54, 1.807) is 18.2 Å². The van der Waals surface area contributed by atoms with Crippen LogP contribution in [0.15, 0.2) is 48.5 Å². The highest BCUT2D eigenvalue weighted by atomic mass is 16.6. The van der Waals surface area contributed by atoms with Crippen LogP contribution >= 0.6 is 0 Å². The van der Waals surface area contributed by atoms with Crippen LogP contribution in [0.1, 0.15) is 18.1 Å². The summed E-state index contributed by atoms with van der Waals surface area (Å²) in [5.74, 6) is 1.11. The summed E-state index contributed by atoms with van der Waals surface area (Å²) < 4.78 is 16.2. The van der Waals surface area contributed by atoms with Gasteiger partial charge in [-0.3, -0.25) is 0 Å². The largest absolute Gasteiger partial charge is 0.486 e. The Morgan fingerprint density at radius 1 is 1.19 bits per heavy atom. The molecule has 0 spiro atoms. The summed E-state index contributed by atoms with van der Waals surface area (Å²) in [7, 11) is 0. The lowest BCUT2D eigenvalue weighted by molar-refractivity contribution is -0.00718. The van der Waals surface area contributed by atoms with Gasteiger partial charge in [-0.2, -0.15) is 0 Å². The van der Waals surface area contributed by atoms with Crippen LogP contribution in [-0.2, 0) is 16.9 Å². The summed E-state index contributed by atoms with van der Waals surface area (Å²) >= 11 is 0. The molecule has 0 bridgehead atoms. The first kappa shape index (κ1) is 19.0. The van der Waals surface area contributed by atoms with Crippen molar-refractivity contribution in [1.82, 2.24) is 5.32 Å². The fraction of sp³-hybridized carbons (Fsp3) is 0.350. The van der Waals surface area contributed by atoms with Crippen molar-refractivity contribution in [3.8, 4) is 11.5 Å². The maximum atomic E-state index is 12.1. The fourth-order valence-electron chi connectivity index (χ4n) is 2.83. The van der Waals surface area contributed by atoms with Crippen molar-refractivity contribution in [2.24, 2.45) is 0 Å². The number of nitrogens with one attached hydrogen (secondary N) is 1. The Morgan fingerprint density at radius 2 is 1.89 bits per heavy atom. The Labute approximate surface area is 157 Å². The SMILES string of the molecule is CC(O)(c1ccc2c(c1)OCCO2)[C@@H](CO)NC(=O)OCc1ccccc1. The molecule has 0 radical (unpaired) electrons. The van der Waals surface area contributed by atoms with Gasteiger partial charge in [-0.25, -0.2) is 4.79 Å². The number of amides is 1. The van der Waals surface area contributed by atoms with Gasteiger partial charge in [0, 0.05) is 0 Å². The minimum absolute atomic E-state index is 0.0942. The maximum Gasteiger partial charge on any atom is 0.407 e. The van der Waals surface area contributed by atoms with E-state index in [0.29, 0.717) is 30.3 Å². The number of ether oxygens (including phenoxy) is 3. The highest BCUT2D eigenvalue weighted by Gasteiger charge is 2.36. The van der Waals surface area contributed by atoms with E-state index in [2.05, 4.69) is 5.32 Å². The normalized spacial score (nSPS) is 16.1. The lowest BCUT2D eigenvalue weighted by Crippen LogP contribution is -2.51. The van der Waals surface area contributed by atoms with Crippen LogP contribution in [-0.4, -0.2) is 42.2 Å². The Hall–Kier alpha value is -2.77. The molecule has 2 aromatic rings. The van der Waals surface area contributed by atoms with Gasteiger partial charge in [-0.15, -0.1) is 0 Å².